The molecule has 240 valence electrons. The Kier molecular flexibility index (Phi) is 11.5. The molecule has 7 nitrogen and oxygen atoms in total. The van der Waals surface area contributed by atoms with Crippen molar-refractivity contribution in [2.45, 2.75) is 52.0 Å². The Balaban J connectivity index is 1.53. The number of halogens is 4. The molecule has 0 saturated heterocycles. The van der Waals surface area contributed by atoms with Gasteiger partial charge >= 0.3 is 6.18 Å². The Labute approximate surface area is 270 Å². The van der Waals surface area contributed by atoms with Gasteiger partial charge in [-0.05, 0) is 78.1 Å². The molecule has 0 bridgehead atoms. The van der Waals surface area contributed by atoms with E-state index in [4.69, 9.17) is 17.5 Å². The van der Waals surface area contributed by atoms with E-state index in [0.29, 0.717) is 29.9 Å². The van der Waals surface area contributed by atoms with Crippen molar-refractivity contribution in [2.24, 2.45) is 5.92 Å². The highest BCUT2D eigenvalue weighted by Crippen LogP contribution is 2.32. The van der Waals surface area contributed by atoms with Crippen molar-refractivity contribution in [3.05, 3.63) is 119 Å². The van der Waals surface area contributed by atoms with Gasteiger partial charge in [0, 0.05) is 43.3 Å². The van der Waals surface area contributed by atoms with Gasteiger partial charge in [-0.25, -0.2) is 9.37 Å². The lowest BCUT2D eigenvalue weighted by atomic mass is 10.0. The molecule has 0 radical (unpaired) electrons. The summed E-state index contributed by atoms with van der Waals surface area (Å²) in [6.07, 6.45) is -0.762. The van der Waals surface area contributed by atoms with Crippen LogP contribution in [0.2, 0.25) is 0 Å². The lowest BCUT2D eigenvalue weighted by molar-refractivity contribution is -0.138. The van der Waals surface area contributed by atoms with Crippen LogP contribution in [0.15, 0.2) is 85.3 Å². The molecule has 1 atom stereocenters. The van der Waals surface area contributed by atoms with E-state index < -0.39 is 23.6 Å². The first kappa shape index (κ1) is 34.1. The molecule has 1 aromatic heterocycles. The normalized spacial score (nSPS) is 12.0. The van der Waals surface area contributed by atoms with Crippen LogP contribution < -0.4 is 10.6 Å². The van der Waals surface area contributed by atoms with Crippen LogP contribution in [0, 0.1) is 23.1 Å². The molecule has 46 heavy (non-hydrogen) atoms. The van der Waals surface area contributed by atoms with Gasteiger partial charge < -0.3 is 20.1 Å². The predicted molar refractivity (Wildman–Crippen MR) is 172 cm³/mol. The Hall–Kier alpha value is -4.76. The highest BCUT2D eigenvalue weighted by atomic mass is 32.1. The maximum atomic E-state index is 13.9. The lowest BCUT2D eigenvalue weighted by Gasteiger charge is -2.32. The summed E-state index contributed by atoms with van der Waals surface area (Å²) in [5, 5.41) is 15.2. The van der Waals surface area contributed by atoms with Gasteiger partial charge in [-0.15, -0.1) is 0 Å². The minimum Gasteiger partial charge on any atom is -0.351 e. The summed E-state index contributed by atoms with van der Waals surface area (Å²) in [4.78, 5) is 19.2. The van der Waals surface area contributed by atoms with E-state index in [-0.39, 0.29) is 42.0 Å². The molecule has 4 rings (SSSR count). The Morgan fingerprint density at radius 1 is 1.07 bits per heavy atom. The van der Waals surface area contributed by atoms with E-state index in [1.807, 2.05) is 30.5 Å². The summed E-state index contributed by atoms with van der Waals surface area (Å²) in [6, 6.07) is 19.5. The van der Waals surface area contributed by atoms with Crippen LogP contribution in [0.5, 0.6) is 0 Å². The van der Waals surface area contributed by atoms with Crippen molar-refractivity contribution in [3.63, 3.8) is 0 Å². The number of anilines is 1. The molecule has 0 aliphatic rings. The van der Waals surface area contributed by atoms with Gasteiger partial charge in [0.05, 0.1) is 29.9 Å². The Morgan fingerprint density at radius 3 is 2.41 bits per heavy atom. The molecule has 1 heterocycles. The smallest absolute Gasteiger partial charge is 0.351 e. The minimum absolute atomic E-state index is 0.0274. The number of imidazole rings is 1. The summed E-state index contributed by atoms with van der Waals surface area (Å²) >= 11 is 5.66. The number of rotatable bonds is 12. The molecular weight excluding hydrogens is 616 g/mol. The monoisotopic (exact) mass is 650 g/mol. The zero-order valence-electron chi connectivity index (χ0n) is 25.4. The van der Waals surface area contributed by atoms with E-state index in [2.05, 4.69) is 21.7 Å². The number of hydrogen-bond acceptors (Lipinski definition) is 4. The molecule has 3 aromatic carbocycles. The van der Waals surface area contributed by atoms with Gasteiger partial charge in [0.25, 0.3) is 0 Å². The number of thiocarbonyl (C=S) groups is 1. The zero-order chi connectivity index (χ0) is 33.3. The van der Waals surface area contributed by atoms with Gasteiger partial charge in [-0.1, -0.05) is 44.2 Å². The molecule has 0 unspecified atom stereocenters. The number of nitrogens with one attached hydrogen (secondary N) is 2. The molecule has 12 heteroatoms. The first-order chi connectivity index (χ1) is 21.9. The lowest BCUT2D eigenvalue weighted by Crippen LogP contribution is -2.47. The summed E-state index contributed by atoms with van der Waals surface area (Å²) in [5.41, 5.74) is 1.89. The number of carbonyl (C=O) groups excluding carboxylic acids is 1. The van der Waals surface area contributed by atoms with Crippen molar-refractivity contribution in [1.82, 2.24) is 19.8 Å². The van der Waals surface area contributed by atoms with Crippen molar-refractivity contribution in [3.8, 4) is 6.07 Å². The fourth-order valence-corrected chi connectivity index (χ4v) is 5.33. The first-order valence-electron chi connectivity index (χ1n) is 14.6. The second-order valence-electron chi connectivity index (χ2n) is 11.4. The van der Waals surface area contributed by atoms with Crippen LogP contribution in [0.25, 0.3) is 0 Å². The van der Waals surface area contributed by atoms with E-state index in [1.165, 1.54) is 42.5 Å². The zero-order valence-corrected chi connectivity index (χ0v) is 26.2. The van der Waals surface area contributed by atoms with Crippen LogP contribution in [-0.4, -0.2) is 38.1 Å². The number of benzene rings is 3. The van der Waals surface area contributed by atoms with Crippen molar-refractivity contribution < 1.29 is 22.4 Å². The largest absolute Gasteiger partial charge is 0.416 e. The van der Waals surface area contributed by atoms with E-state index >= 15 is 0 Å². The van der Waals surface area contributed by atoms with Crippen molar-refractivity contribution in [1.29, 1.82) is 5.26 Å². The minimum atomic E-state index is -4.57. The molecule has 0 spiro atoms. The summed E-state index contributed by atoms with van der Waals surface area (Å²) in [5.74, 6) is -0.569. The van der Waals surface area contributed by atoms with Crippen LogP contribution in [0.1, 0.15) is 48.2 Å². The van der Waals surface area contributed by atoms with E-state index in [9.17, 15) is 22.4 Å². The fraction of sp³-hybridized carbons (Fsp3) is 0.294. The maximum Gasteiger partial charge on any atom is 0.416 e. The second-order valence-corrected chi connectivity index (χ2v) is 11.8. The summed E-state index contributed by atoms with van der Waals surface area (Å²) in [6.45, 7) is 4.38. The van der Waals surface area contributed by atoms with Crippen LogP contribution in [-0.2, 0) is 30.5 Å². The number of aromatic nitrogens is 2. The quantitative estimate of drug-likeness (QED) is 0.128. The SMILES string of the molecule is CC(C)C[C@@H](CN(Cc1ccccc1C(F)(F)F)C(=S)Nc1ccc(F)cc1)NC(=O)Cc1cncn1Cc1ccc(C#N)cc1. The number of amides is 1. The number of alkyl halides is 3. The third kappa shape index (κ3) is 9.87. The Bertz CT molecular complexity index is 1660. The number of carbonyl (C=O) groups is 1. The molecule has 0 aliphatic carbocycles. The van der Waals surface area contributed by atoms with Gasteiger partial charge in [0.2, 0.25) is 5.91 Å². The number of nitrogens with zero attached hydrogens (tertiary/aromatic N) is 4. The van der Waals surface area contributed by atoms with E-state index in [1.54, 1.807) is 29.6 Å². The highest BCUT2D eigenvalue weighted by Gasteiger charge is 2.34. The van der Waals surface area contributed by atoms with Crippen molar-refractivity contribution >= 4 is 28.9 Å². The third-order valence-corrected chi connectivity index (χ3v) is 7.56. The third-order valence-electron chi connectivity index (χ3n) is 7.20. The van der Waals surface area contributed by atoms with Crippen LogP contribution in [0.3, 0.4) is 0 Å². The standard InChI is InChI=1S/C34H34F4N6OS/c1-23(2)15-29(41-32(45)16-30-18-40-22-44(30)19-25-9-7-24(17-39)8-10-25)21-43(33(46)42-28-13-11-27(35)12-14-28)20-26-5-3-4-6-31(26)34(36,37)38/h3-14,18,22-23,29H,15-16,19-21H2,1-2H3,(H,41,45)(H,42,46)/t29-/m0/s1. The molecule has 1 amide bonds. The van der Waals surface area contributed by atoms with Gasteiger partial charge in [-0.2, -0.15) is 18.4 Å². The first-order valence-corrected chi connectivity index (χ1v) is 15.1. The molecule has 0 fully saturated rings. The maximum absolute atomic E-state index is 13.9. The molecular formula is C34H34F4N6OS. The number of nitriles is 1. The van der Waals surface area contributed by atoms with E-state index in [0.717, 1.165) is 11.6 Å². The average molecular weight is 651 g/mol. The highest BCUT2D eigenvalue weighted by molar-refractivity contribution is 7.80. The fourth-order valence-electron chi connectivity index (χ4n) is 5.07. The van der Waals surface area contributed by atoms with Crippen LogP contribution >= 0.6 is 12.2 Å². The predicted octanol–water partition coefficient (Wildman–Crippen LogP) is 6.93. The second kappa shape index (κ2) is 15.5. The average Bonchev–Trinajstić information content (AvgIpc) is 3.43. The van der Waals surface area contributed by atoms with Crippen LogP contribution in [0.4, 0.5) is 23.2 Å². The number of hydrogen-bond donors (Lipinski definition) is 2. The van der Waals surface area contributed by atoms with Gasteiger partial charge in [0.1, 0.15) is 5.82 Å². The molecule has 0 aliphatic heterocycles. The molecule has 4 aromatic rings. The van der Waals surface area contributed by atoms with Gasteiger partial charge in [-0.3, -0.25) is 4.79 Å². The molecule has 2 N–H and O–H groups in total. The summed E-state index contributed by atoms with van der Waals surface area (Å²) in [7, 11) is 0. The van der Waals surface area contributed by atoms with Gasteiger partial charge in [0.15, 0.2) is 5.11 Å². The van der Waals surface area contributed by atoms with Crippen molar-refractivity contribution in [2.75, 3.05) is 11.9 Å². The summed E-state index contributed by atoms with van der Waals surface area (Å²) < 4.78 is 57.0. The topological polar surface area (TPSA) is 86.0 Å². The Morgan fingerprint density at radius 2 is 1.76 bits per heavy atom. The molecule has 0 saturated carbocycles.